The van der Waals surface area contributed by atoms with Crippen molar-refractivity contribution < 1.29 is 14.3 Å². The van der Waals surface area contributed by atoms with E-state index in [1.54, 1.807) is 48.7 Å². The molecule has 7 heteroatoms. The van der Waals surface area contributed by atoms with Crippen molar-refractivity contribution in [3.63, 3.8) is 0 Å². The summed E-state index contributed by atoms with van der Waals surface area (Å²) in [7, 11) is 1.34. The first-order chi connectivity index (χ1) is 13.6. The van der Waals surface area contributed by atoms with Crippen molar-refractivity contribution in [2.24, 2.45) is 0 Å². The Morgan fingerprint density at radius 2 is 1.79 bits per heavy atom. The molecule has 0 aliphatic rings. The number of nitrogens with zero attached hydrogens (tertiary/aromatic N) is 1. The van der Waals surface area contributed by atoms with Crippen LogP contribution in [0.15, 0.2) is 66.9 Å². The van der Waals surface area contributed by atoms with E-state index in [9.17, 15) is 9.59 Å². The number of pyridine rings is 1. The highest BCUT2D eigenvalue weighted by atomic mass is 35.5. The third-order valence-corrected chi connectivity index (χ3v) is 4.35. The van der Waals surface area contributed by atoms with Gasteiger partial charge in [0.05, 0.1) is 12.7 Å². The van der Waals surface area contributed by atoms with E-state index in [1.807, 2.05) is 18.2 Å². The molecule has 3 rings (SSSR count). The molecule has 142 valence electrons. The lowest BCUT2D eigenvalue weighted by Crippen LogP contribution is -2.24. The number of rotatable bonds is 6. The molecule has 6 nitrogen and oxygen atoms in total. The van der Waals surface area contributed by atoms with Crippen molar-refractivity contribution in [1.29, 1.82) is 0 Å². The summed E-state index contributed by atoms with van der Waals surface area (Å²) in [5.74, 6) is -0.697. The standard InChI is InChI=1S/C21H18ClN3O3/c1-28-21(27)14-6-8-16(9-7-14)25-17-10-11-23-19(12-17)20(26)24-13-15-4-2-3-5-18(15)22/h2-12H,13H2,1H3,(H,23,25)(H,24,26). The third-order valence-electron chi connectivity index (χ3n) is 3.98. The van der Waals surface area contributed by atoms with Gasteiger partial charge in [-0.15, -0.1) is 0 Å². The topological polar surface area (TPSA) is 80.3 Å². The Hall–Kier alpha value is -3.38. The lowest BCUT2D eigenvalue weighted by molar-refractivity contribution is 0.0600. The summed E-state index contributed by atoms with van der Waals surface area (Å²) in [6.07, 6.45) is 1.55. The van der Waals surface area contributed by atoms with Crippen LogP contribution in [0.4, 0.5) is 11.4 Å². The van der Waals surface area contributed by atoms with Crippen LogP contribution in [-0.4, -0.2) is 24.0 Å². The molecule has 2 aromatic carbocycles. The molecule has 1 amide bonds. The van der Waals surface area contributed by atoms with Crippen LogP contribution >= 0.6 is 11.6 Å². The Balaban J connectivity index is 1.65. The first-order valence-corrected chi connectivity index (χ1v) is 8.87. The van der Waals surface area contributed by atoms with E-state index in [2.05, 4.69) is 20.4 Å². The van der Waals surface area contributed by atoms with Gasteiger partial charge < -0.3 is 15.4 Å². The van der Waals surface area contributed by atoms with Crippen LogP contribution in [0.25, 0.3) is 0 Å². The van der Waals surface area contributed by atoms with E-state index in [-0.39, 0.29) is 11.6 Å². The monoisotopic (exact) mass is 395 g/mol. The number of hydrogen-bond donors (Lipinski definition) is 2. The number of carbonyl (C=O) groups is 2. The molecular formula is C21H18ClN3O3. The van der Waals surface area contributed by atoms with Gasteiger partial charge in [0.25, 0.3) is 5.91 Å². The van der Waals surface area contributed by atoms with E-state index in [0.717, 1.165) is 11.3 Å². The van der Waals surface area contributed by atoms with Crippen LogP contribution in [0.2, 0.25) is 5.02 Å². The number of ether oxygens (including phenoxy) is 1. The molecule has 0 unspecified atom stereocenters. The number of hydrogen-bond acceptors (Lipinski definition) is 5. The molecule has 2 N–H and O–H groups in total. The van der Waals surface area contributed by atoms with E-state index in [4.69, 9.17) is 11.6 Å². The second-order valence-electron chi connectivity index (χ2n) is 5.90. The molecule has 0 fully saturated rings. The van der Waals surface area contributed by atoms with Gasteiger partial charge in [-0.3, -0.25) is 9.78 Å². The maximum atomic E-state index is 12.4. The van der Waals surface area contributed by atoms with Crippen molar-refractivity contribution in [3.8, 4) is 0 Å². The molecular weight excluding hydrogens is 378 g/mol. The number of halogens is 1. The van der Waals surface area contributed by atoms with Gasteiger partial charge >= 0.3 is 5.97 Å². The fraction of sp³-hybridized carbons (Fsp3) is 0.0952. The van der Waals surface area contributed by atoms with Gasteiger partial charge in [0.15, 0.2) is 0 Å². The van der Waals surface area contributed by atoms with E-state index < -0.39 is 5.97 Å². The number of esters is 1. The van der Waals surface area contributed by atoms with Crippen LogP contribution < -0.4 is 10.6 Å². The Kier molecular flexibility index (Phi) is 6.24. The summed E-state index contributed by atoms with van der Waals surface area (Å²) in [6, 6.07) is 17.6. The first-order valence-electron chi connectivity index (χ1n) is 8.50. The highest BCUT2D eigenvalue weighted by Crippen LogP contribution is 2.18. The number of aromatic nitrogens is 1. The van der Waals surface area contributed by atoms with Crippen LogP contribution in [0, 0.1) is 0 Å². The fourth-order valence-electron chi connectivity index (χ4n) is 2.51. The van der Waals surface area contributed by atoms with E-state index >= 15 is 0 Å². The lowest BCUT2D eigenvalue weighted by atomic mass is 10.2. The minimum absolute atomic E-state index is 0.281. The largest absolute Gasteiger partial charge is 0.465 e. The van der Waals surface area contributed by atoms with Crippen LogP contribution in [0.5, 0.6) is 0 Å². The number of anilines is 2. The summed E-state index contributed by atoms with van der Waals surface area (Å²) in [4.78, 5) is 28.0. The summed E-state index contributed by atoms with van der Waals surface area (Å²) in [6.45, 7) is 0.312. The predicted octanol–water partition coefficient (Wildman–Crippen LogP) is 4.20. The average Bonchev–Trinajstić information content (AvgIpc) is 2.73. The number of methoxy groups -OCH3 is 1. The Morgan fingerprint density at radius 3 is 2.50 bits per heavy atom. The van der Waals surface area contributed by atoms with Crippen LogP contribution in [0.1, 0.15) is 26.4 Å². The number of carbonyl (C=O) groups excluding carboxylic acids is 2. The predicted molar refractivity (Wildman–Crippen MR) is 108 cm³/mol. The Labute approximate surface area is 167 Å². The fourth-order valence-corrected chi connectivity index (χ4v) is 2.72. The second-order valence-corrected chi connectivity index (χ2v) is 6.30. The lowest BCUT2D eigenvalue weighted by Gasteiger charge is -2.09. The van der Waals surface area contributed by atoms with E-state index in [0.29, 0.717) is 22.8 Å². The normalized spacial score (nSPS) is 10.2. The zero-order chi connectivity index (χ0) is 19.9. The molecule has 28 heavy (non-hydrogen) atoms. The van der Waals surface area contributed by atoms with Crippen molar-refractivity contribution in [2.45, 2.75) is 6.54 Å². The average molecular weight is 396 g/mol. The minimum Gasteiger partial charge on any atom is -0.465 e. The maximum Gasteiger partial charge on any atom is 0.337 e. The molecule has 0 aliphatic heterocycles. The molecule has 0 bridgehead atoms. The highest BCUT2D eigenvalue weighted by molar-refractivity contribution is 6.31. The van der Waals surface area contributed by atoms with Crippen LogP contribution in [0.3, 0.4) is 0 Å². The summed E-state index contributed by atoms with van der Waals surface area (Å²) < 4.78 is 4.68. The maximum absolute atomic E-state index is 12.4. The van der Waals surface area contributed by atoms with Gasteiger partial charge in [-0.2, -0.15) is 0 Å². The molecule has 1 heterocycles. The third kappa shape index (κ3) is 4.86. The zero-order valence-electron chi connectivity index (χ0n) is 15.1. The van der Waals surface area contributed by atoms with Gasteiger partial charge in [0, 0.05) is 29.1 Å². The van der Waals surface area contributed by atoms with Gasteiger partial charge in [-0.25, -0.2) is 4.79 Å². The van der Waals surface area contributed by atoms with Gasteiger partial charge in [0.2, 0.25) is 0 Å². The van der Waals surface area contributed by atoms with E-state index in [1.165, 1.54) is 7.11 Å². The molecule has 0 spiro atoms. The number of amides is 1. The number of nitrogens with one attached hydrogen (secondary N) is 2. The molecule has 0 radical (unpaired) electrons. The minimum atomic E-state index is -0.395. The summed E-state index contributed by atoms with van der Waals surface area (Å²) in [5, 5.41) is 6.58. The first kappa shape index (κ1) is 19.4. The van der Waals surface area contributed by atoms with Gasteiger partial charge in [0.1, 0.15) is 5.69 Å². The Bertz CT molecular complexity index is 990. The zero-order valence-corrected chi connectivity index (χ0v) is 15.9. The molecule has 0 saturated heterocycles. The van der Waals surface area contributed by atoms with Crippen molar-refractivity contribution in [3.05, 3.63) is 88.7 Å². The quantitative estimate of drug-likeness (QED) is 0.611. The summed E-state index contributed by atoms with van der Waals surface area (Å²) >= 11 is 6.10. The molecule has 1 aromatic heterocycles. The molecule has 0 saturated carbocycles. The van der Waals surface area contributed by atoms with Crippen molar-refractivity contribution in [2.75, 3.05) is 12.4 Å². The van der Waals surface area contributed by atoms with Crippen molar-refractivity contribution in [1.82, 2.24) is 10.3 Å². The van der Waals surface area contributed by atoms with Crippen molar-refractivity contribution >= 4 is 34.9 Å². The molecule has 0 aliphatic carbocycles. The summed E-state index contributed by atoms with van der Waals surface area (Å²) in [5.41, 5.74) is 3.04. The molecule has 3 aromatic rings. The number of benzene rings is 2. The smallest absolute Gasteiger partial charge is 0.337 e. The second kappa shape index (κ2) is 9.01. The molecule has 0 atom stereocenters. The highest BCUT2D eigenvalue weighted by Gasteiger charge is 2.10. The van der Waals surface area contributed by atoms with Gasteiger partial charge in [-0.1, -0.05) is 29.8 Å². The van der Waals surface area contributed by atoms with Gasteiger partial charge in [-0.05, 0) is 48.0 Å². The SMILES string of the molecule is COC(=O)c1ccc(Nc2ccnc(C(=O)NCc3ccccc3Cl)c2)cc1. The van der Waals surface area contributed by atoms with Crippen LogP contribution in [-0.2, 0) is 11.3 Å². The Morgan fingerprint density at radius 1 is 1.04 bits per heavy atom.